The zero-order chi connectivity index (χ0) is 17.0. The van der Waals surface area contributed by atoms with E-state index >= 15 is 0 Å². The van der Waals surface area contributed by atoms with E-state index in [9.17, 15) is 4.79 Å². The molecule has 2 aromatic rings. The molecule has 0 saturated heterocycles. The summed E-state index contributed by atoms with van der Waals surface area (Å²) in [5.74, 6) is 0.500. The third kappa shape index (κ3) is 3.22. The maximum Gasteiger partial charge on any atom is 0.267 e. The Morgan fingerprint density at radius 2 is 2.17 bits per heavy atom. The molecule has 6 nitrogen and oxygen atoms in total. The van der Waals surface area contributed by atoms with Crippen molar-refractivity contribution in [1.29, 1.82) is 0 Å². The molecule has 0 bridgehead atoms. The molecule has 6 heteroatoms. The Morgan fingerprint density at radius 3 is 2.92 bits per heavy atom. The lowest BCUT2D eigenvalue weighted by molar-refractivity contribution is -0.141. The second-order valence-corrected chi connectivity index (χ2v) is 5.78. The van der Waals surface area contributed by atoms with Crippen molar-refractivity contribution >= 4 is 11.6 Å². The molecule has 0 unspecified atom stereocenters. The van der Waals surface area contributed by atoms with Gasteiger partial charge in [0.1, 0.15) is 5.75 Å². The van der Waals surface area contributed by atoms with E-state index in [-0.39, 0.29) is 5.91 Å². The number of oxime groups is 1. The van der Waals surface area contributed by atoms with Crippen LogP contribution in [0.5, 0.6) is 5.75 Å². The van der Waals surface area contributed by atoms with Gasteiger partial charge in [-0.3, -0.25) is 9.78 Å². The van der Waals surface area contributed by atoms with Gasteiger partial charge < -0.3 is 14.9 Å². The van der Waals surface area contributed by atoms with Crippen LogP contribution in [-0.2, 0) is 16.2 Å². The van der Waals surface area contributed by atoms with Crippen molar-refractivity contribution < 1.29 is 14.4 Å². The van der Waals surface area contributed by atoms with Crippen molar-refractivity contribution in [3.05, 3.63) is 59.9 Å². The Labute approximate surface area is 140 Å². The van der Waals surface area contributed by atoms with Gasteiger partial charge in [0.2, 0.25) is 5.60 Å². The van der Waals surface area contributed by atoms with Gasteiger partial charge in [-0.15, -0.1) is 0 Å². The van der Waals surface area contributed by atoms with E-state index in [2.05, 4.69) is 15.5 Å². The van der Waals surface area contributed by atoms with Crippen LogP contribution in [0, 0.1) is 0 Å². The summed E-state index contributed by atoms with van der Waals surface area (Å²) in [5, 5.41) is 6.98. The molecular formula is C18H19N3O3. The third-order valence-corrected chi connectivity index (χ3v) is 3.94. The van der Waals surface area contributed by atoms with Crippen LogP contribution in [0.2, 0.25) is 0 Å². The SMILES string of the molecule is COc1ccccc1C1=NO[C@@](C)(C(=O)NCc2cccnc2)C1. The normalized spacial score (nSPS) is 19.3. The fourth-order valence-corrected chi connectivity index (χ4v) is 2.56. The van der Waals surface area contributed by atoms with Crippen LogP contribution < -0.4 is 10.1 Å². The number of amides is 1. The highest BCUT2D eigenvalue weighted by Gasteiger charge is 2.42. The minimum atomic E-state index is -1.03. The molecule has 1 N–H and O–H groups in total. The molecule has 1 aliphatic rings. The second kappa shape index (κ2) is 6.70. The van der Waals surface area contributed by atoms with Gasteiger partial charge in [-0.25, -0.2) is 0 Å². The number of aromatic nitrogens is 1. The van der Waals surface area contributed by atoms with Crippen LogP contribution in [0.4, 0.5) is 0 Å². The fraction of sp³-hybridized carbons (Fsp3) is 0.278. The summed E-state index contributed by atoms with van der Waals surface area (Å²) < 4.78 is 5.35. The number of carbonyl (C=O) groups is 1. The van der Waals surface area contributed by atoms with E-state index in [0.29, 0.717) is 24.4 Å². The molecule has 1 atom stereocenters. The number of methoxy groups -OCH3 is 1. The summed E-state index contributed by atoms with van der Waals surface area (Å²) >= 11 is 0. The highest BCUT2D eigenvalue weighted by Crippen LogP contribution is 2.30. The molecule has 1 aliphatic heterocycles. The summed E-state index contributed by atoms with van der Waals surface area (Å²) in [6, 6.07) is 11.3. The molecule has 1 amide bonds. The number of nitrogens with one attached hydrogen (secondary N) is 1. The van der Waals surface area contributed by atoms with Gasteiger partial charge in [0, 0.05) is 30.9 Å². The smallest absolute Gasteiger partial charge is 0.267 e. The summed E-state index contributed by atoms with van der Waals surface area (Å²) in [7, 11) is 1.61. The largest absolute Gasteiger partial charge is 0.496 e. The van der Waals surface area contributed by atoms with E-state index in [4.69, 9.17) is 9.57 Å². The zero-order valence-corrected chi connectivity index (χ0v) is 13.7. The van der Waals surface area contributed by atoms with Gasteiger partial charge >= 0.3 is 0 Å². The number of hydrogen-bond donors (Lipinski definition) is 1. The van der Waals surface area contributed by atoms with Crippen molar-refractivity contribution in [3.63, 3.8) is 0 Å². The van der Waals surface area contributed by atoms with Gasteiger partial charge in [-0.1, -0.05) is 23.4 Å². The average molecular weight is 325 g/mol. The Kier molecular flexibility index (Phi) is 4.46. The van der Waals surface area contributed by atoms with Gasteiger partial charge in [0.25, 0.3) is 5.91 Å². The van der Waals surface area contributed by atoms with E-state index in [1.165, 1.54) is 0 Å². The number of ether oxygens (including phenoxy) is 1. The summed E-state index contributed by atoms with van der Waals surface area (Å²) in [5.41, 5.74) is 1.44. The maximum absolute atomic E-state index is 12.5. The van der Waals surface area contributed by atoms with Crippen molar-refractivity contribution in [2.24, 2.45) is 5.16 Å². The number of pyridine rings is 1. The summed E-state index contributed by atoms with van der Waals surface area (Å²) in [6.45, 7) is 2.13. The standard InChI is InChI=1S/C18H19N3O3/c1-18(17(22)20-12-13-6-5-9-19-11-13)10-15(21-24-18)14-7-3-4-8-16(14)23-2/h3-9,11H,10,12H2,1-2H3,(H,20,22)/t18-/m1/s1. The lowest BCUT2D eigenvalue weighted by Crippen LogP contribution is -2.44. The molecular weight excluding hydrogens is 306 g/mol. The van der Waals surface area contributed by atoms with Crippen LogP contribution in [0.25, 0.3) is 0 Å². The summed E-state index contributed by atoms with van der Waals surface area (Å²) in [4.78, 5) is 22.0. The number of para-hydroxylation sites is 1. The van der Waals surface area contributed by atoms with E-state index in [1.54, 1.807) is 26.4 Å². The summed E-state index contributed by atoms with van der Waals surface area (Å²) in [6.07, 6.45) is 3.79. The predicted molar refractivity (Wildman–Crippen MR) is 89.7 cm³/mol. The molecule has 0 spiro atoms. The van der Waals surface area contributed by atoms with E-state index < -0.39 is 5.60 Å². The monoisotopic (exact) mass is 325 g/mol. The Bertz CT molecular complexity index is 761. The van der Waals surface area contributed by atoms with E-state index in [0.717, 1.165) is 11.1 Å². The topological polar surface area (TPSA) is 72.8 Å². The van der Waals surface area contributed by atoms with Crippen LogP contribution in [0.15, 0.2) is 53.9 Å². The molecule has 24 heavy (non-hydrogen) atoms. The third-order valence-electron chi connectivity index (χ3n) is 3.94. The minimum absolute atomic E-state index is 0.208. The van der Waals surface area contributed by atoms with Gasteiger partial charge in [0.15, 0.2) is 0 Å². The Hall–Kier alpha value is -2.89. The molecule has 124 valence electrons. The quantitative estimate of drug-likeness (QED) is 0.915. The van der Waals surface area contributed by atoms with Crippen LogP contribution in [0.1, 0.15) is 24.5 Å². The number of carbonyl (C=O) groups excluding carboxylic acids is 1. The first-order valence-electron chi connectivity index (χ1n) is 7.68. The Balaban J connectivity index is 1.67. The number of hydrogen-bond acceptors (Lipinski definition) is 5. The van der Waals surface area contributed by atoms with Crippen LogP contribution in [0.3, 0.4) is 0 Å². The first-order valence-corrected chi connectivity index (χ1v) is 7.68. The number of nitrogens with zero attached hydrogens (tertiary/aromatic N) is 2. The highest BCUT2D eigenvalue weighted by atomic mass is 16.7. The van der Waals surface area contributed by atoms with Crippen molar-refractivity contribution in [2.45, 2.75) is 25.5 Å². The van der Waals surface area contributed by atoms with Gasteiger partial charge in [-0.05, 0) is 30.7 Å². The predicted octanol–water partition coefficient (Wildman–Crippen LogP) is 2.29. The highest BCUT2D eigenvalue weighted by molar-refractivity contribution is 6.07. The molecule has 0 radical (unpaired) electrons. The van der Waals surface area contributed by atoms with E-state index in [1.807, 2.05) is 36.4 Å². The van der Waals surface area contributed by atoms with Crippen LogP contribution >= 0.6 is 0 Å². The van der Waals surface area contributed by atoms with Crippen LogP contribution in [-0.4, -0.2) is 29.3 Å². The van der Waals surface area contributed by atoms with Gasteiger partial charge in [-0.2, -0.15) is 0 Å². The minimum Gasteiger partial charge on any atom is -0.496 e. The molecule has 0 fully saturated rings. The molecule has 2 heterocycles. The van der Waals surface area contributed by atoms with Crippen molar-refractivity contribution in [2.75, 3.05) is 7.11 Å². The Morgan fingerprint density at radius 1 is 1.33 bits per heavy atom. The van der Waals surface area contributed by atoms with Crippen molar-refractivity contribution in [1.82, 2.24) is 10.3 Å². The molecule has 0 aliphatic carbocycles. The van der Waals surface area contributed by atoms with Crippen molar-refractivity contribution in [3.8, 4) is 5.75 Å². The average Bonchev–Trinajstić information content (AvgIpc) is 3.04. The molecule has 0 saturated carbocycles. The zero-order valence-electron chi connectivity index (χ0n) is 13.7. The maximum atomic E-state index is 12.5. The van der Waals surface area contributed by atoms with Gasteiger partial charge in [0.05, 0.1) is 12.8 Å². The molecule has 1 aromatic heterocycles. The first kappa shape index (κ1) is 16.0. The first-order chi connectivity index (χ1) is 11.6. The molecule has 3 rings (SSSR count). The number of benzene rings is 1. The lowest BCUT2D eigenvalue weighted by Gasteiger charge is -2.20. The number of rotatable bonds is 5. The second-order valence-electron chi connectivity index (χ2n) is 5.78. The lowest BCUT2D eigenvalue weighted by atomic mass is 9.94. The molecule has 1 aromatic carbocycles. The fourth-order valence-electron chi connectivity index (χ4n) is 2.56.